The molecule has 6 heteroatoms. The van der Waals surface area contributed by atoms with Crippen LogP contribution in [0.15, 0.2) is 17.9 Å². The number of aliphatic hydroxyl groups is 1. The van der Waals surface area contributed by atoms with Crippen LogP contribution < -0.4 is 0 Å². The molecule has 1 fully saturated rings. The first-order valence-electron chi connectivity index (χ1n) is 5.61. The van der Waals surface area contributed by atoms with Gasteiger partial charge in [0, 0.05) is 20.2 Å². The summed E-state index contributed by atoms with van der Waals surface area (Å²) in [5, 5.41) is 10.1. The maximum atomic E-state index is 11.8. The third-order valence-electron chi connectivity index (χ3n) is 2.68. The van der Waals surface area contributed by atoms with E-state index < -0.39 is 23.4 Å². The van der Waals surface area contributed by atoms with E-state index in [0.717, 1.165) is 18.9 Å². The van der Waals surface area contributed by atoms with E-state index in [1.807, 2.05) is 6.92 Å². The van der Waals surface area contributed by atoms with E-state index in [0.29, 0.717) is 9.80 Å². The first-order valence-corrected chi connectivity index (χ1v) is 5.61. The molecule has 0 aromatic carbocycles. The van der Waals surface area contributed by atoms with Gasteiger partial charge < -0.3 is 5.11 Å². The van der Waals surface area contributed by atoms with Gasteiger partial charge in [0.25, 0.3) is 11.8 Å². The lowest BCUT2D eigenvalue weighted by Gasteiger charge is -2.36. The Bertz CT molecular complexity index is 425. The molecule has 0 atom stereocenters. The van der Waals surface area contributed by atoms with Crippen molar-refractivity contribution in [3.63, 3.8) is 0 Å². The van der Waals surface area contributed by atoms with Crippen LogP contribution in [0.25, 0.3) is 0 Å². The summed E-state index contributed by atoms with van der Waals surface area (Å²) in [6, 6.07) is -0.763. The van der Waals surface area contributed by atoms with Crippen LogP contribution in [-0.4, -0.2) is 52.4 Å². The van der Waals surface area contributed by atoms with E-state index in [2.05, 4.69) is 5.73 Å². The molecule has 4 amide bonds. The number of amides is 4. The molecule has 0 aliphatic carbocycles. The number of likely N-dealkylation sites (N-methyl/N-ethyl adjacent to an activating group) is 2. The number of unbranched alkanes of at least 4 members (excludes halogenated alkanes) is 1. The molecule has 0 saturated carbocycles. The highest BCUT2D eigenvalue weighted by Crippen LogP contribution is 2.20. The third kappa shape index (κ3) is 2.20. The summed E-state index contributed by atoms with van der Waals surface area (Å²) in [5.41, 5.74) is 0.261. The van der Waals surface area contributed by atoms with Crippen LogP contribution in [0.4, 0.5) is 4.79 Å². The molecular weight excluding hydrogens is 236 g/mol. The van der Waals surface area contributed by atoms with Gasteiger partial charge in [0.05, 0.1) is 0 Å². The molecule has 1 rings (SSSR count). The zero-order valence-electron chi connectivity index (χ0n) is 10.6. The van der Waals surface area contributed by atoms with E-state index in [1.54, 1.807) is 6.08 Å². The molecule has 0 aromatic heterocycles. The Hall–Kier alpha value is -1.91. The first-order chi connectivity index (χ1) is 8.36. The summed E-state index contributed by atoms with van der Waals surface area (Å²) in [5.74, 6) is -1.93. The summed E-state index contributed by atoms with van der Waals surface area (Å²) in [4.78, 5) is 36.5. The predicted molar refractivity (Wildman–Crippen MR) is 63.4 cm³/mol. The molecule has 0 bridgehead atoms. The molecule has 0 aromatic rings. The van der Waals surface area contributed by atoms with Crippen molar-refractivity contribution in [1.29, 1.82) is 0 Å². The smallest absolute Gasteiger partial charge is 0.333 e. The number of barbiturate groups is 1. The Balaban J connectivity index is 3.12. The molecule has 98 valence electrons. The molecule has 1 saturated heterocycles. The fourth-order valence-electron chi connectivity index (χ4n) is 1.53. The van der Waals surface area contributed by atoms with E-state index >= 15 is 0 Å². The Morgan fingerprint density at radius 3 is 2.17 bits per heavy atom. The Kier molecular flexibility index (Phi) is 4.06. The average molecular weight is 252 g/mol. The molecule has 1 N–H and O–H groups in total. The van der Waals surface area contributed by atoms with Crippen molar-refractivity contribution in [3.05, 3.63) is 17.9 Å². The summed E-state index contributed by atoms with van der Waals surface area (Å²) in [7, 11) is 2.42. The molecule has 1 aliphatic rings. The van der Waals surface area contributed by atoms with Crippen molar-refractivity contribution in [2.75, 3.05) is 14.1 Å². The Morgan fingerprint density at radius 1 is 1.22 bits per heavy atom. The van der Waals surface area contributed by atoms with Crippen LogP contribution in [-0.2, 0) is 9.59 Å². The van der Waals surface area contributed by atoms with Crippen molar-refractivity contribution in [3.8, 4) is 0 Å². The minimum absolute atomic E-state index is 0.708. The fraction of sp³-hybridized carbons (Fsp3) is 0.500. The highest BCUT2D eigenvalue weighted by atomic mass is 16.3. The minimum Gasteiger partial charge on any atom is -0.368 e. The van der Waals surface area contributed by atoms with E-state index in [1.165, 1.54) is 14.1 Å². The normalized spacial score (nSPS) is 18.8. The number of carbonyl (C=O) groups excluding carboxylic acids is 3. The third-order valence-corrected chi connectivity index (χ3v) is 2.68. The number of carbonyl (C=O) groups is 3. The van der Waals surface area contributed by atoms with Gasteiger partial charge in [-0.15, -0.1) is 5.73 Å². The number of nitrogens with zero attached hydrogens (tertiary/aromatic N) is 2. The van der Waals surface area contributed by atoms with Crippen molar-refractivity contribution in [2.24, 2.45) is 0 Å². The lowest BCUT2D eigenvalue weighted by atomic mass is 9.98. The van der Waals surface area contributed by atoms with E-state index in [-0.39, 0.29) is 0 Å². The van der Waals surface area contributed by atoms with Crippen LogP contribution in [0.1, 0.15) is 19.8 Å². The van der Waals surface area contributed by atoms with Gasteiger partial charge in [-0.1, -0.05) is 13.3 Å². The van der Waals surface area contributed by atoms with Crippen molar-refractivity contribution in [2.45, 2.75) is 25.4 Å². The molecule has 1 heterocycles. The van der Waals surface area contributed by atoms with Gasteiger partial charge in [-0.05, 0) is 12.5 Å². The first kappa shape index (κ1) is 14.2. The number of hydrogen-bond acceptors (Lipinski definition) is 4. The van der Waals surface area contributed by atoms with Crippen LogP contribution in [0, 0.1) is 0 Å². The predicted octanol–water partition coefficient (Wildman–Crippen LogP) is 0.279. The summed E-state index contributed by atoms with van der Waals surface area (Å²) in [6.45, 7) is 1.96. The molecule has 0 spiro atoms. The average Bonchev–Trinajstić information content (AvgIpc) is 2.37. The van der Waals surface area contributed by atoms with Gasteiger partial charge >= 0.3 is 6.03 Å². The van der Waals surface area contributed by atoms with Crippen molar-refractivity contribution < 1.29 is 19.5 Å². The van der Waals surface area contributed by atoms with Crippen molar-refractivity contribution >= 4 is 17.8 Å². The molecule has 6 nitrogen and oxygen atoms in total. The van der Waals surface area contributed by atoms with Gasteiger partial charge in [0.2, 0.25) is 5.60 Å². The van der Waals surface area contributed by atoms with Gasteiger partial charge in [0.1, 0.15) is 0 Å². The van der Waals surface area contributed by atoms with Crippen LogP contribution in [0.2, 0.25) is 0 Å². The maximum Gasteiger partial charge on any atom is 0.333 e. The van der Waals surface area contributed by atoms with Gasteiger partial charge in [-0.25, -0.2) is 4.79 Å². The molecule has 18 heavy (non-hydrogen) atoms. The Morgan fingerprint density at radius 2 is 1.72 bits per heavy atom. The van der Waals surface area contributed by atoms with E-state index in [4.69, 9.17) is 0 Å². The number of urea groups is 1. The van der Waals surface area contributed by atoms with E-state index in [9.17, 15) is 19.5 Å². The number of rotatable bonds is 3. The van der Waals surface area contributed by atoms with Gasteiger partial charge in [0.15, 0.2) is 0 Å². The summed E-state index contributed by atoms with van der Waals surface area (Å²) in [6.07, 6.45) is 4.22. The molecule has 0 unspecified atom stereocenters. The SMILES string of the molecule is CCCC=C=CC1(O)C(=O)N(C)C(=O)N(C)C1=O. The number of hydrogen-bond donors (Lipinski definition) is 1. The second-order valence-electron chi connectivity index (χ2n) is 4.08. The largest absolute Gasteiger partial charge is 0.368 e. The second-order valence-corrected chi connectivity index (χ2v) is 4.08. The van der Waals surface area contributed by atoms with Crippen LogP contribution >= 0.6 is 0 Å². The summed E-state index contributed by atoms with van der Waals surface area (Å²) < 4.78 is 0. The topological polar surface area (TPSA) is 77.9 Å². The Labute approximate surface area is 105 Å². The maximum absolute atomic E-state index is 11.8. The quantitative estimate of drug-likeness (QED) is 0.578. The number of imide groups is 2. The zero-order valence-corrected chi connectivity index (χ0v) is 10.6. The highest BCUT2D eigenvalue weighted by Gasteiger charge is 2.53. The van der Waals surface area contributed by atoms with Crippen LogP contribution in [0.5, 0.6) is 0 Å². The lowest BCUT2D eigenvalue weighted by Crippen LogP contribution is -2.66. The fourth-order valence-corrected chi connectivity index (χ4v) is 1.53. The second kappa shape index (κ2) is 5.16. The summed E-state index contributed by atoms with van der Waals surface area (Å²) >= 11 is 0. The van der Waals surface area contributed by atoms with Crippen LogP contribution in [0.3, 0.4) is 0 Å². The molecular formula is C12H16N2O4. The molecule has 0 radical (unpaired) electrons. The minimum atomic E-state index is -2.35. The highest BCUT2D eigenvalue weighted by molar-refractivity contribution is 6.22. The lowest BCUT2D eigenvalue weighted by molar-refractivity contribution is -0.162. The van der Waals surface area contributed by atoms with Gasteiger partial charge in [-0.2, -0.15) is 0 Å². The standard InChI is InChI=1S/C12H16N2O4/c1-4-5-6-7-8-12(18)9(15)13(2)11(17)14(3)10(12)16/h6,8,18H,4-5H2,1-3H3. The molecule has 1 aliphatic heterocycles. The zero-order chi connectivity index (χ0) is 13.9. The monoisotopic (exact) mass is 252 g/mol. The van der Waals surface area contributed by atoms with Gasteiger partial charge in [-0.3, -0.25) is 19.4 Å². The van der Waals surface area contributed by atoms with Crippen molar-refractivity contribution in [1.82, 2.24) is 9.80 Å².